The van der Waals surface area contributed by atoms with E-state index in [0.717, 1.165) is 11.8 Å². The summed E-state index contributed by atoms with van der Waals surface area (Å²) in [7, 11) is 0. The molecule has 2 aliphatic carbocycles. The highest BCUT2D eigenvalue weighted by atomic mass is 15.2. The molecule has 4 aliphatic rings. The molecule has 0 aromatic rings. The average Bonchev–Trinajstić information content (AvgIpc) is 2.68. The van der Waals surface area contributed by atoms with Gasteiger partial charge >= 0.3 is 0 Å². The second kappa shape index (κ2) is 1.20. The van der Waals surface area contributed by atoms with Crippen LogP contribution in [0.2, 0.25) is 0 Å². The van der Waals surface area contributed by atoms with Gasteiger partial charge in [0.15, 0.2) is 0 Å². The zero-order valence-electron chi connectivity index (χ0n) is 5.33. The van der Waals surface area contributed by atoms with E-state index in [2.05, 4.69) is 10.2 Å². The van der Waals surface area contributed by atoms with Gasteiger partial charge in [-0.25, -0.2) is 0 Å². The summed E-state index contributed by atoms with van der Waals surface area (Å²) in [5.74, 6) is 1.95. The Balaban J connectivity index is 2.05. The van der Waals surface area contributed by atoms with Crippen molar-refractivity contribution in [2.75, 3.05) is 0 Å². The van der Waals surface area contributed by atoms with Gasteiger partial charge in [-0.15, -0.1) is 0 Å². The lowest BCUT2D eigenvalue weighted by Gasteiger charge is -2.26. The SMILES string of the molecule is C1[C@@H]2[C@H]1[C@H]1CC[C@H]2N=N1. The van der Waals surface area contributed by atoms with E-state index in [-0.39, 0.29) is 0 Å². The minimum Gasteiger partial charge on any atom is -0.190 e. The molecule has 0 amide bonds. The second-order valence-electron chi connectivity index (χ2n) is 3.51. The summed E-state index contributed by atoms with van der Waals surface area (Å²) in [6.07, 6.45) is 4.09. The number of hydrogen-bond donors (Lipinski definition) is 0. The number of fused-ring (bicyclic) bond motifs is 1. The normalized spacial score (nSPS) is 59.6. The fourth-order valence-corrected chi connectivity index (χ4v) is 2.35. The minimum atomic E-state index is 0.653. The number of azo groups is 1. The largest absolute Gasteiger partial charge is 0.190 e. The average molecular weight is 122 g/mol. The van der Waals surface area contributed by atoms with Crippen LogP contribution in [0.25, 0.3) is 0 Å². The third kappa shape index (κ3) is 0.428. The van der Waals surface area contributed by atoms with Crippen molar-refractivity contribution in [2.45, 2.75) is 31.3 Å². The van der Waals surface area contributed by atoms with E-state index in [9.17, 15) is 0 Å². The molecule has 2 bridgehead atoms. The molecule has 0 aromatic heterocycles. The smallest absolute Gasteiger partial charge is 0.0740 e. The van der Waals surface area contributed by atoms with Gasteiger partial charge in [0, 0.05) is 0 Å². The molecule has 0 saturated heterocycles. The Morgan fingerprint density at radius 3 is 1.78 bits per heavy atom. The molecule has 0 radical (unpaired) electrons. The molecule has 0 unspecified atom stereocenters. The van der Waals surface area contributed by atoms with E-state index < -0.39 is 0 Å². The molecule has 0 spiro atoms. The maximum absolute atomic E-state index is 4.25. The molecule has 0 aromatic carbocycles. The van der Waals surface area contributed by atoms with E-state index in [1.807, 2.05) is 0 Å². The summed E-state index contributed by atoms with van der Waals surface area (Å²) in [6, 6.07) is 1.31. The lowest BCUT2D eigenvalue weighted by Crippen LogP contribution is -2.27. The third-order valence-corrected chi connectivity index (χ3v) is 3.00. The van der Waals surface area contributed by atoms with E-state index in [0.29, 0.717) is 12.1 Å². The monoisotopic (exact) mass is 122 g/mol. The summed E-state index contributed by atoms with van der Waals surface area (Å²) in [6.45, 7) is 0. The first-order chi connectivity index (χ1) is 4.45. The standard InChI is InChI=1S/C7H10N2/c1-2-7-5-3-4(5)6(1)8-9-7/h4-7H,1-3H2/t4-,5+,6-,7-/m1/s1. The van der Waals surface area contributed by atoms with Crippen LogP contribution in [-0.4, -0.2) is 12.1 Å². The Kier molecular flexibility index (Phi) is 0.590. The Morgan fingerprint density at radius 1 is 0.889 bits per heavy atom. The van der Waals surface area contributed by atoms with Gasteiger partial charge in [0.05, 0.1) is 12.1 Å². The number of hydrogen-bond acceptors (Lipinski definition) is 2. The van der Waals surface area contributed by atoms with Gasteiger partial charge in [0.25, 0.3) is 0 Å². The predicted molar refractivity (Wildman–Crippen MR) is 33.3 cm³/mol. The van der Waals surface area contributed by atoms with Crippen LogP contribution in [0.1, 0.15) is 19.3 Å². The fourth-order valence-electron chi connectivity index (χ4n) is 2.35. The van der Waals surface area contributed by atoms with Crippen molar-refractivity contribution in [3.05, 3.63) is 0 Å². The molecule has 2 nitrogen and oxygen atoms in total. The minimum absolute atomic E-state index is 0.653. The van der Waals surface area contributed by atoms with Crippen LogP contribution in [0, 0.1) is 11.8 Å². The Bertz CT molecular complexity index is 158. The lowest BCUT2D eigenvalue weighted by atomic mass is 9.91. The maximum atomic E-state index is 4.25. The number of nitrogens with zero attached hydrogens (tertiary/aromatic N) is 2. The molecule has 4 rings (SSSR count). The first-order valence-corrected chi connectivity index (χ1v) is 3.85. The molecule has 48 valence electrons. The topological polar surface area (TPSA) is 24.7 Å². The molecular weight excluding hydrogens is 112 g/mol. The van der Waals surface area contributed by atoms with Crippen molar-refractivity contribution in [3.63, 3.8) is 0 Å². The fraction of sp³-hybridized carbons (Fsp3) is 1.00. The van der Waals surface area contributed by atoms with Crippen molar-refractivity contribution in [3.8, 4) is 0 Å². The summed E-state index contributed by atoms with van der Waals surface area (Å²) in [4.78, 5) is 0. The van der Waals surface area contributed by atoms with E-state index in [4.69, 9.17) is 0 Å². The first-order valence-electron chi connectivity index (χ1n) is 3.85. The van der Waals surface area contributed by atoms with Crippen molar-refractivity contribution < 1.29 is 0 Å². The highest BCUT2D eigenvalue weighted by molar-refractivity contribution is 5.07. The molecule has 2 fully saturated rings. The molecule has 2 saturated carbocycles. The molecule has 2 aliphatic heterocycles. The maximum Gasteiger partial charge on any atom is 0.0740 e. The van der Waals surface area contributed by atoms with Gasteiger partial charge in [-0.3, -0.25) is 0 Å². The van der Waals surface area contributed by atoms with Crippen molar-refractivity contribution >= 4 is 0 Å². The lowest BCUT2D eigenvalue weighted by molar-refractivity contribution is 0.306. The summed E-state index contributed by atoms with van der Waals surface area (Å²) in [5.41, 5.74) is 0. The van der Waals surface area contributed by atoms with Gasteiger partial charge in [-0.05, 0) is 31.1 Å². The van der Waals surface area contributed by atoms with E-state index >= 15 is 0 Å². The quantitative estimate of drug-likeness (QED) is 0.466. The third-order valence-electron chi connectivity index (χ3n) is 3.00. The summed E-state index contributed by atoms with van der Waals surface area (Å²) in [5, 5.41) is 8.49. The Hall–Kier alpha value is -0.400. The highest BCUT2D eigenvalue weighted by Gasteiger charge is 2.53. The van der Waals surface area contributed by atoms with Crippen LogP contribution in [0.15, 0.2) is 10.2 Å². The van der Waals surface area contributed by atoms with Crippen molar-refractivity contribution in [2.24, 2.45) is 22.1 Å². The van der Waals surface area contributed by atoms with Crippen molar-refractivity contribution in [1.82, 2.24) is 0 Å². The zero-order valence-corrected chi connectivity index (χ0v) is 5.33. The molecule has 4 atom stereocenters. The van der Waals surface area contributed by atoms with Gasteiger partial charge in [-0.1, -0.05) is 0 Å². The second-order valence-corrected chi connectivity index (χ2v) is 3.51. The molecule has 9 heavy (non-hydrogen) atoms. The van der Waals surface area contributed by atoms with Gasteiger partial charge in [0.1, 0.15) is 0 Å². The van der Waals surface area contributed by atoms with Gasteiger partial charge in [0.2, 0.25) is 0 Å². The van der Waals surface area contributed by atoms with E-state index in [1.165, 1.54) is 19.3 Å². The van der Waals surface area contributed by atoms with Gasteiger partial charge < -0.3 is 0 Å². The summed E-state index contributed by atoms with van der Waals surface area (Å²) >= 11 is 0. The van der Waals surface area contributed by atoms with E-state index in [1.54, 1.807) is 0 Å². The number of rotatable bonds is 0. The van der Waals surface area contributed by atoms with Crippen LogP contribution in [0.5, 0.6) is 0 Å². The molecular formula is C7H10N2. The van der Waals surface area contributed by atoms with Gasteiger partial charge in [-0.2, -0.15) is 10.2 Å². The Morgan fingerprint density at radius 2 is 1.44 bits per heavy atom. The van der Waals surface area contributed by atoms with Crippen LogP contribution in [0.4, 0.5) is 0 Å². The zero-order chi connectivity index (χ0) is 5.84. The van der Waals surface area contributed by atoms with Crippen LogP contribution < -0.4 is 0 Å². The predicted octanol–water partition coefficient (Wildman–Crippen LogP) is 1.62. The van der Waals surface area contributed by atoms with Crippen LogP contribution in [0.3, 0.4) is 0 Å². The summed E-state index contributed by atoms with van der Waals surface area (Å²) < 4.78 is 0. The van der Waals surface area contributed by atoms with Crippen molar-refractivity contribution in [1.29, 1.82) is 0 Å². The van der Waals surface area contributed by atoms with Crippen LogP contribution in [-0.2, 0) is 0 Å². The molecule has 2 heterocycles. The molecule has 2 heteroatoms. The first kappa shape index (κ1) is 4.42. The van der Waals surface area contributed by atoms with Crippen LogP contribution >= 0.6 is 0 Å². The molecule has 0 N–H and O–H groups in total. The highest BCUT2D eigenvalue weighted by Crippen LogP contribution is 2.54. The Labute approximate surface area is 54.4 Å².